The van der Waals surface area contributed by atoms with Crippen LogP contribution in [0.15, 0.2) is 72.8 Å². The van der Waals surface area contributed by atoms with Crippen molar-refractivity contribution >= 4 is 22.6 Å². The molecule has 1 fully saturated rings. The van der Waals surface area contributed by atoms with Crippen molar-refractivity contribution < 1.29 is 9.53 Å². The van der Waals surface area contributed by atoms with Gasteiger partial charge in [-0.2, -0.15) is 0 Å². The Morgan fingerprint density at radius 3 is 2.61 bits per heavy atom. The van der Waals surface area contributed by atoms with Gasteiger partial charge < -0.3 is 14.2 Å². The summed E-state index contributed by atoms with van der Waals surface area (Å²) in [5.41, 5.74) is 5.35. The fourth-order valence-corrected chi connectivity index (χ4v) is 4.41. The number of methoxy groups -OCH3 is 1. The van der Waals surface area contributed by atoms with Crippen molar-refractivity contribution in [2.45, 2.75) is 25.8 Å². The molecule has 0 unspecified atom stereocenters. The highest BCUT2D eigenvalue weighted by Gasteiger charge is 2.34. The number of carbonyl (C=O) groups is 1. The predicted octanol–water partition coefficient (Wildman–Crippen LogP) is 4.92. The van der Waals surface area contributed by atoms with E-state index in [1.165, 1.54) is 5.56 Å². The van der Waals surface area contributed by atoms with E-state index in [4.69, 9.17) is 9.72 Å². The number of carbonyl (C=O) groups excluding carboxylic acids is 1. The second kappa shape index (κ2) is 7.91. The minimum atomic E-state index is 0.0543. The maximum Gasteiger partial charge on any atom is 0.227 e. The highest BCUT2D eigenvalue weighted by Crippen LogP contribution is 2.34. The van der Waals surface area contributed by atoms with E-state index < -0.39 is 0 Å². The van der Waals surface area contributed by atoms with E-state index >= 15 is 0 Å². The van der Waals surface area contributed by atoms with Gasteiger partial charge in [0, 0.05) is 31.1 Å². The van der Waals surface area contributed by atoms with Gasteiger partial charge in [0.05, 0.1) is 18.1 Å². The van der Waals surface area contributed by atoms with Gasteiger partial charge in [-0.25, -0.2) is 4.98 Å². The van der Waals surface area contributed by atoms with E-state index in [2.05, 4.69) is 41.8 Å². The molecule has 1 amide bonds. The molecule has 2 heterocycles. The minimum absolute atomic E-state index is 0.0543. The third-order valence-electron chi connectivity index (χ3n) is 5.99. The number of hydrogen-bond acceptors (Lipinski definition) is 3. The fourth-order valence-electron chi connectivity index (χ4n) is 4.41. The lowest BCUT2D eigenvalue weighted by molar-refractivity contribution is -0.117. The van der Waals surface area contributed by atoms with E-state index in [1.807, 2.05) is 47.4 Å². The van der Waals surface area contributed by atoms with Crippen molar-refractivity contribution in [1.29, 1.82) is 0 Å². The van der Waals surface area contributed by atoms with Gasteiger partial charge in [0.25, 0.3) is 0 Å². The van der Waals surface area contributed by atoms with Gasteiger partial charge in [-0.15, -0.1) is 0 Å². The Morgan fingerprint density at radius 2 is 1.84 bits per heavy atom. The molecule has 1 aliphatic heterocycles. The molecule has 5 heteroatoms. The van der Waals surface area contributed by atoms with Gasteiger partial charge in [-0.05, 0) is 54.4 Å². The number of benzene rings is 3. The van der Waals surface area contributed by atoms with Crippen molar-refractivity contribution in [3.05, 3.63) is 89.7 Å². The zero-order chi connectivity index (χ0) is 21.4. The molecule has 4 aromatic rings. The third-order valence-corrected chi connectivity index (χ3v) is 5.99. The zero-order valence-electron chi connectivity index (χ0n) is 17.8. The van der Waals surface area contributed by atoms with Crippen LogP contribution in [-0.4, -0.2) is 29.1 Å². The summed E-state index contributed by atoms with van der Waals surface area (Å²) in [6.45, 7) is 3.40. The Morgan fingerprint density at radius 1 is 1.03 bits per heavy atom. The summed E-state index contributed by atoms with van der Waals surface area (Å²) < 4.78 is 7.55. The van der Waals surface area contributed by atoms with Crippen LogP contribution in [-0.2, 0) is 11.3 Å². The molecule has 1 aliphatic rings. The number of amides is 1. The molecule has 0 saturated carbocycles. The lowest BCUT2D eigenvalue weighted by atomic mass is 10.1. The van der Waals surface area contributed by atoms with E-state index in [0.29, 0.717) is 19.5 Å². The van der Waals surface area contributed by atoms with E-state index in [-0.39, 0.29) is 11.8 Å². The summed E-state index contributed by atoms with van der Waals surface area (Å²) >= 11 is 0. The normalized spacial score (nSPS) is 16.3. The van der Waals surface area contributed by atoms with Crippen molar-refractivity contribution in [3.63, 3.8) is 0 Å². The van der Waals surface area contributed by atoms with Crippen LogP contribution in [0.25, 0.3) is 11.0 Å². The first-order valence-electron chi connectivity index (χ1n) is 10.6. The lowest BCUT2D eigenvalue weighted by Crippen LogP contribution is -2.24. The smallest absolute Gasteiger partial charge is 0.227 e. The predicted molar refractivity (Wildman–Crippen MR) is 123 cm³/mol. The van der Waals surface area contributed by atoms with Crippen molar-refractivity contribution in [1.82, 2.24) is 9.55 Å². The molecule has 1 saturated heterocycles. The fraction of sp³-hybridized carbons (Fsp3) is 0.231. The highest BCUT2D eigenvalue weighted by atomic mass is 16.5. The molecular formula is C26H25N3O2. The van der Waals surface area contributed by atoms with Crippen LogP contribution >= 0.6 is 0 Å². The van der Waals surface area contributed by atoms with Gasteiger partial charge in [0.1, 0.15) is 11.6 Å². The van der Waals surface area contributed by atoms with Gasteiger partial charge in [-0.3, -0.25) is 4.79 Å². The Bertz CT molecular complexity index is 1240. The first-order valence-corrected chi connectivity index (χ1v) is 10.6. The molecule has 0 aliphatic carbocycles. The number of para-hydroxylation sites is 2. The molecule has 1 aromatic heterocycles. The number of ether oxygens (including phenoxy) is 1. The minimum Gasteiger partial charge on any atom is -0.497 e. The number of hydrogen-bond donors (Lipinski definition) is 0. The van der Waals surface area contributed by atoms with Gasteiger partial charge in [-0.1, -0.05) is 36.4 Å². The van der Waals surface area contributed by atoms with Crippen LogP contribution in [0, 0.1) is 6.92 Å². The van der Waals surface area contributed by atoms with Crippen molar-refractivity contribution in [2.75, 3.05) is 18.6 Å². The van der Waals surface area contributed by atoms with E-state index in [0.717, 1.165) is 33.9 Å². The number of imidazole rings is 1. The summed E-state index contributed by atoms with van der Waals surface area (Å²) in [7, 11) is 1.67. The Kier molecular flexibility index (Phi) is 4.94. The number of anilines is 1. The Labute approximate surface area is 181 Å². The van der Waals surface area contributed by atoms with Crippen LogP contribution in [0.5, 0.6) is 5.75 Å². The van der Waals surface area contributed by atoms with Crippen LogP contribution in [0.4, 0.5) is 5.69 Å². The largest absolute Gasteiger partial charge is 0.497 e. The molecule has 0 radical (unpaired) electrons. The topological polar surface area (TPSA) is 47.4 Å². The summed E-state index contributed by atoms with van der Waals surface area (Å²) in [5, 5.41) is 0. The van der Waals surface area contributed by atoms with E-state index in [1.54, 1.807) is 7.11 Å². The number of aromatic nitrogens is 2. The number of rotatable bonds is 5. The molecule has 0 spiro atoms. The SMILES string of the molecule is COc1ccc(Cn2c([C@H]3CC(=O)N(c4cccc(C)c4)C3)nc3ccccc32)cc1. The van der Waals surface area contributed by atoms with Crippen LogP contribution in [0.2, 0.25) is 0 Å². The Balaban J connectivity index is 1.51. The van der Waals surface area contributed by atoms with Crippen molar-refractivity contribution in [2.24, 2.45) is 0 Å². The van der Waals surface area contributed by atoms with Gasteiger partial charge >= 0.3 is 0 Å². The van der Waals surface area contributed by atoms with Gasteiger partial charge in [0.2, 0.25) is 5.91 Å². The quantitative estimate of drug-likeness (QED) is 0.468. The molecule has 0 N–H and O–H groups in total. The second-order valence-electron chi connectivity index (χ2n) is 8.14. The van der Waals surface area contributed by atoms with Gasteiger partial charge in [0.15, 0.2) is 0 Å². The molecule has 3 aromatic carbocycles. The first kappa shape index (κ1) is 19.4. The summed E-state index contributed by atoms with van der Waals surface area (Å²) in [5.74, 6) is 2.02. The molecule has 156 valence electrons. The van der Waals surface area contributed by atoms with Crippen LogP contribution in [0.3, 0.4) is 0 Å². The van der Waals surface area contributed by atoms with Crippen LogP contribution < -0.4 is 9.64 Å². The van der Waals surface area contributed by atoms with Crippen LogP contribution in [0.1, 0.15) is 29.3 Å². The molecule has 0 bridgehead atoms. The van der Waals surface area contributed by atoms with Crippen molar-refractivity contribution in [3.8, 4) is 5.75 Å². The molecule has 1 atom stereocenters. The first-order chi connectivity index (χ1) is 15.1. The van der Waals surface area contributed by atoms with E-state index in [9.17, 15) is 4.79 Å². The number of aryl methyl sites for hydroxylation is 1. The number of nitrogens with zero attached hydrogens (tertiary/aromatic N) is 3. The average Bonchev–Trinajstić information content (AvgIpc) is 3.35. The maximum atomic E-state index is 12.9. The number of fused-ring (bicyclic) bond motifs is 1. The summed E-state index contributed by atoms with van der Waals surface area (Å²) in [6, 6.07) is 24.4. The second-order valence-corrected chi connectivity index (χ2v) is 8.14. The average molecular weight is 412 g/mol. The maximum absolute atomic E-state index is 12.9. The monoisotopic (exact) mass is 411 g/mol. The highest BCUT2D eigenvalue weighted by molar-refractivity contribution is 5.96. The summed E-state index contributed by atoms with van der Waals surface area (Å²) in [6.07, 6.45) is 0.472. The molecule has 5 rings (SSSR count). The molecule has 5 nitrogen and oxygen atoms in total. The zero-order valence-corrected chi connectivity index (χ0v) is 17.8. The summed E-state index contributed by atoms with van der Waals surface area (Å²) in [4.78, 5) is 19.8. The lowest BCUT2D eigenvalue weighted by Gasteiger charge is -2.18. The third kappa shape index (κ3) is 3.67. The Hall–Kier alpha value is -3.60. The standard InChI is InChI=1S/C26H25N3O2/c1-18-6-5-7-21(14-18)28-17-20(15-25(28)30)26-27-23-8-3-4-9-24(23)29(26)16-19-10-12-22(31-2)13-11-19/h3-14,20H,15-17H2,1-2H3/t20-/m0/s1. The molecule has 31 heavy (non-hydrogen) atoms. The molecular weight excluding hydrogens is 386 g/mol.